The van der Waals surface area contributed by atoms with Crippen LogP contribution >= 0.6 is 0 Å². The Labute approximate surface area is 111 Å². The van der Waals surface area contributed by atoms with Crippen LogP contribution in [0, 0.1) is 17.1 Å². The Morgan fingerprint density at radius 2 is 2.26 bits per heavy atom. The first kappa shape index (κ1) is 13.2. The first-order valence-corrected chi connectivity index (χ1v) is 6.10. The molecule has 0 saturated carbocycles. The van der Waals surface area contributed by atoms with Crippen LogP contribution in [0.15, 0.2) is 30.6 Å². The molecule has 0 radical (unpaired) electrons. The van der Waals surface area contributed by atoms with E-state index >= 15 is 0 Å². The molecule has 0 amide bonds. The highest BCUT2D eigenvalue weighted by atomic mass is 19.1. The highest BCUT2D eigenvalue weighted by molar-refractivity contribution is 5.62. The lowest BCUT2D eigenvalue weighted by Crippen LogP contribution is -2.20. The number of aryl methyl sites for hydroxylation is 1. The predicted molar refractivity (Wildman–Crippen MR) is 70.6 cm³/mol. The van der Waals surface area contributed by atoms with E-state index in [1.807, 2.05) is 25.3 Å². The minimum absolute atomic E-state index is 0.219. The lowest BCUT2D eigenvalue weighted by Gasteiger charge is -2.06. The Hall–Kier alpha value is -2.19. The van der Waals surface area contributed by atoms with Crippen LogP contribution in [0.5, 0.6) is 0 Å². The maximum absolute atomic E-state index is 13.9. The minimum atomic E-state index is -0.678. The molecule has 19 heavy (non-hydrogen) atoms. The van der Waals surface area contributed by atoms with Crippen molar-refractivity contribution in [2.24, 2.45) is 5.73 Å². The fraction of sp³-hybridized carbons (Fsp3) is 0.286. The van der Waals surface area contributed by atoms with Gasteiger partial charge in [-0.2, -0.15) is 10.4 Å². The van der Waals surface area contributed by atoms with Gasteiger partial charge in [0.05, 0.1) is 18.3 Å². The second-order valence-corrected chi connectivity index (χ2v) is 4.33. The van der Waals surface area contributed by atoms with Crippen LogP contribution in [0.3, 0.4) is 0 Å². The summed E-state index contributed by atoms with van der Waals surface area (Å²) in [5.41, 5.74) is 7.60. The van der Waals surface area contributed by atoms with Gasteiger partial charge in [-0.3, -0.25) is 4.68 Å². The van der Waals surface area contributed by atoms with Crippen LogP contribution in [-0.2, 0) is 13.0 Å². The molecule has 4 nitrogen and oxygen atoms in total. The van der Waals surface area contributed by atoms with E-state index in [-0.39, 0.29) is 12.2 Å². The van der Waals surface area contributed by atoms with Gasteiger partial charge in [0.2, 0.25) is 0 Å². The predicted octanol–water partition coefficient (Wildman–Crippen LogP) is 2.10. The van der Waals surface area contributed by atoms with Crippen LogP contribution in [0.2, 0.25) is 0 Å². The first-order chi connectivity index (χ1) is 9.13. The number of hydrogen-bond acceptors (Lipinski definition) is 3. The summed E-state index contributed by atoms with van der Waals surface area (Å²) in [4.78, 5) is 0. The number of benzene rings is 1. The van der Waals surface area contributed by atoms with Crippen molar-refractivity contribution in [1.29, 1.82) is 5.26 Å². The normalized spacial score (nSPS) is 12.1. The van der Waals surface area contributed by atoms with Crippen LogP contribution in [-0.4, -0.2) is 15.8 Å². The highest BCUT2D eigenvalue weighted by Crippen LogP contribution is 2.22. The molecule has 0 spiro atoms. The molecule has 1 aromatic carbocycles. The van der Waals surface area contributed by atoms with Crippen LogP contribution in [0.25, 0.3) is 11.1 Å². The molecule has 1 aromatic heterocycles. The van der Waals surface area contributed by atoms with E-state index < -0.39 is 6.04 Å². The van der Waals surface area contributed by atoms with Gasteiger partial charge in [-0.05, 0) is 24.1 Å². The standard InChI is InChI=1S/C14H15FN4/c1-2-19-9-12(8-18-19)10-3-4-11(14(15)6-10)5-13(17)7-16/h3-4,6,8-9,13H,2,5,17H2,1H3. The van der Waals surface area contributed by atoms with Crippen molar-refractivity contribution in [3.63, 3.8) is 0 Å². The Morgan fingerprint density at radius 1 is 1.47 bits per heavy atom. The number of nitrogens with zero attached hydrogens (tertiary/aromatic N) is 3. The second-order valence-electron chi connectivity index (χ2n) is 4.33. The molecule has 2 aromatic rings. The van der Waals surface area contributed by atoms with Gasteiger partial charge in [0.1, 0.15) is 5.82 Å². The van der Waals surface area contributed by atoms with Crippen molar-refractivity contribution >= 4 is 0 Å². The van der Waals surface area contributed by atoms with Gasteiger partial charge in [-0.25, -0.2) is 4.39 Å². The molecule has 0 fully saturated rings. The molecule has 1 unspecified atom stereocenters. The van der Waals surface area contributed by atoms with Crippen molar-refractivity contribution in [3.05, 3.63) is 42.0 Å². The van der Waals surface area contributed by atoms with Crippen LogP contribution in [0.1, 0.15) is 12.5 Å². The lowest BCUT2D eigenvalue weighted by molar-refractivity contribution is 0.604. The number of rotatable bonds is 4. The van der Waals surface area contributed by atoms with Crippen molar-refractivity contribution < 1.29 is 4.39 Å². The molecule has 2 rings (SSSR count). The summed E-state index contributed by atoms with van der Waals surface area (Å²) in [5.74, 6) is -0.340. The fourth-order valence-corrected chi connectivity index (χ4v) is 1.86. The van der Waals surface area contributed by atoms with Crippen molar-refractivity contribution in [3.8, 4) is 17.2 Å². The zero-order valence-corrected chi connectivity index (χ0v) is 10.7. The van der Waals surface area contributed by atoms with E-state index in [1.54, 1.807) is 16.9 Å². The topological polar surface area (TPSA) is 67.6 Å². The van der Waals surface area contributed by atoms with Gasteiger partial charge in [0.25, 0.3) is 0 Å². The zero-order valence-electron chi connectivity index (χ0n) is 10.7. The second kappa shape index (κ2) is 5.63. The SMILES string of the molecule is CCn1cc(-c2ccc(CC(N)C#N)c(F)c2)cn1. The monoisotopic (exact) mass is 258 g/mol. The molecule has 0 aliphatic heterocycles. The van der Waals surface area contributed by atoms with E-state index in [0.717, 1.165) is 17.7 Å². The van der Waals surface area contributed by atoms with Gasteiger partial charge in [-0.1, -0.05) is 12.1 Å². The van der Waals surface area contributed by atoms with Gasteiger partial charge in [-0.15, -0.1) is 0 Å². The summed E-state index contributed by atoms with van der Waals surface area (Å²) in [6.45, 7) is 2.77. The Kier molecular flexibility index (Phi) is 3.93. The maximum Gasteiger partial charge on any atom is 0.127 e. The zero-order chi connectivity index (χ0) is 13.8. The average molecular weight is 258 g/mol. The Balaban J connectivity index is 2.26. The smallest absolute Gasteiger partial charge is 0.127 e. The summed E-state index contributed by atoms with van der Waals surface area (Å²) in [6.07, 6.45) is 3.80. The third-order valence-electron chi connectivity index (χ3n) is 2.95. The first-order valence-electron chi connectivity index (χ1n) is 6.10. The third-order valence-corrected chi connectivity index (χ3v) is 2.95. The molecule has 5 heteroatoms. The van der Waals surface area contributed by atoms with Crippen molar-refractivity contribution in [1.82, 2.24) is 9.78 Å². The van der Waals surface area contributed by atoms with Crippen molar-refractivity contribution in [2.75, 3.05) is 0 Å². The van der Waals surface area contributed by atoms with Crippen molar-refractivity contribution in [2.45, 2.75) is 25.9 Å². The molecular weight excluding hydrogens is 243 g/mol. The molecule has 1 heterocycles. The summed E-state index contributed by atoms with van der Waals surface area (Å²) in [6, 6.07) is 6.16. The fourth-order valence-electron chi connectivity index (χ4n) is 1.86. The van der Waals surface area contributed by atoms with Crippen LogP contribution in [0.4, 0.5) is 4.39 Å². The highest BCUT2D eigenvalue weighted by Gasteiger charge is 2.10. The number of nitriles is 1. The number of nitrogens with two attached hydrogens (primary N) is 1. The van der Waals surface area contributed by atoms with Gasteiger partial charge in [0.15, 0.2) is 0 Å². The number of hydrogen-bond donors (Lipinski definition) is 1. The van der Waals surface area contributed by atoms with E-state index in [2.05, 4.69) is 5.10 Å². The summed E-state index contributed by atoms with van der Waals surface area (Å²) in [5, 5.41) is 12.8. The molecule has 0 bridgehead atoms. The molecule has 0 aliphatic carbocycles. The lowest BCUT2D eigenvalue weighted by atomic mass is 10.0. The number of aromatic nitrogens is 2. The van der Waals surface area contributed by atoms with Gasteiger partial charge < -0.3 is 5.73 Å². The van der Waals surface area contributed by atoms with E-state index in [0.29, 0.717) is 5.56 Å². The van der Waals surface area contributed by atoms with Crippen LogP contribution < -0.4 is 5.73 Å². The summed E-state index contributed by atoms with van der Waals surface area (Å²) >= 11 is 0. The summed E-state index contributed by atoms with van der Waals surface area (Å²) in [7, 11) is 0. The van der Waals surface area contributed by atoms with Gasteiger partial charge >= 0.3 is 0 Å². The Morgan fingerprint density at radius 3 is 2.84 bits per heavy atom. The van der Waals surface area contributed by atoms with E-state index in [9.17, 15) is 4.39 Å². The van der Waals surface area contributed by atoms with E-state index in [4.69, 9.17) is 11.0 Å². The quantitative estimate of drug-likeness (QED) is 0.913. The molecule has 0 aliphatic rings. The number of halogens is 1. The average Bonchev–Trinajstić information content (AvgIpc) is 2.89. The molecule has 1 atom stereocenters. The third kappa shape index (κ3) is 2.98. The Bertz CT molecular complexity index is 612. The van der Waals surface area contributed by atoms with E-state index in [1.165, 1.54) is 6.07 Å². The molecule has 98 valence electrons. The molecule has 2 N–H and O–H groups in total. The maximum atomic E-state index is 13.9. The largest absolute Gasteiger partial charge is 0.316 e. The minimum Gasteiger partial charge on any atom is -0.316 e. The van der Waals surface area contributed by atoms with Gasteiger partial charge in [0, 0.05) is 24.7 Å². The molecule has 0 saturated heterocycles. The summed E-state index contributed by atoms with van der Waals surface area (Å²) < 4.78 is 15.7. The molecular formula is C14H15FN4.